The topological polar surface area (TPSA) is 55.8 Å². The summed E-state index contributed by atoms with van der Waals surface area (Å²) in [6.07, 6.45) is 5.56. The second kappa shape index (κ2) is 8.98. The smallest absolute Gasteiger partial charge is 0.254 e. The van der Waals surface area contributed by atoms with Crippen molar-refractivity contribution in [3.8, 4) is 5.75 Å². The molecule has 0 bridgehead atoms. The number of rotatable bonds is 6. The quantitative estimate of drug-likeness (QED) is 0.520. The van der Waals surface area contributed by atoms with Crippen LogP contribution in [0.4, 0.5) is 4.39 Å². The van der Waals surface area contributed by atoms with Crippen LogP contribution in [0.15, 0.2) is 42.5 Å². The number of hydrogen-bond donors (Lipinski definition) is 0. The molecule has 2 saturated carbocycles. The molecule has 4 aliphatic rings. The minimum Gasteiger partial charge on any atom is -0.492 e. The van der Waals surface area contributed by atoms with Crippen LogP contribution < -0.4 is 4.74 Å². The average Bonchev–Trinajstić information content (AvgIpc) is 3.19. The van der Waals surface area contributed by atoms with Gasteiger partial charge in [-0.1, -0.05) is 25.1 Å². The van der Waals surface area contributed by atoms with E-state index in [1.54, 1.807) is 17.0 Å². The number of aryl methyl sites for hydroxylation is 1. The highest BCUT2D eigenvalue weighted by atomic mass is 19.1. The van der Waals surface area contributed by atoms with E-state index in [1.807, 2.05) is 0 Å². The molecular formula is C30H34FNO4. The van der Waals surface area contributed by atoms with Gasteiger partial charge in [-0.05, 0) is 90.8 Å². The van der Waals surface area contributed by atoms with Crippen molar-refractivity contribution < 1.29 is 23.5 Å². The molecule has 1 aliphatic heterocycles. The summed E-state index contributed by atoms with van der Waals surface area (Å²) < 4.78 is 24.9. The second-order valence-electron chi connectivity index (χ2n) is 11.2. The standard InChI is InChI=1S/C30H34FNO4/c1-30-14-13-23-22-10-8-21(17-19(22)5-9-24(23)25(30)11-12-26(30)33)36-16-15-32-27(28(35-2)29(32)34)18-3-6-20(31)7-4-18/h3-4,6-8,10,17,23-25,27-28H,5,9,11-16H2,1-2H3/t23-,24-,25+,27+,28-,30+/m1/s1. The van der Waals surface area contributed by atoms with E-state index in [1.165, 1.54) is 30.4 Å². The van der Waals surface area contributed by atoms with Gasteiger partial charge in [0.2, 0.25) is 0 Å². The first kappa shape index (κ1) is 23.7. The number of benzene rings is 2. The zero-order chi connectivity index (χ0) is 25.0. The van der Waals surface area contributed by atoms with E-state index in [0.29, 0.717) is 36.7 Å². The van der Waals surface area contributed by atoms with E-state index in [9.17, 15) is 14.0 Å². The van der Waals surface area contributed by atoms with Gasteiger partial charge in [0.05, 0.1) is 12.6 Å². The lowest BCUT2D eigenvalue weighted by Crippen LogP contribution is -2.60. The number of carbonyl (C=O) groups is 2. The average molecular weight is 492 g/mol. The number of amides is 1. The number of Topliss-reactive ketones (excluding diaryl/α,β-unsaturated/α-hetero) is 1. The van der Waals surface area contributed by atoms with Gasteiger partial charge in [-0.15, -0.1) is 0 Å². The molecule has 3 aliphatic carbocycles. The molecule has 2 aromatic carbocycles. The molecule has 0 aromatic heterocycles. The number of methoxy groups -OCH3 is 1. The van der Waals surface area contributed by atoms with Crippen LogP contribution in [0.25, 0.3) is 0 Å². The Morgan fingerprint density at radius 2 is 1.86 bits per heavy atom. The van der Waals surface area contributed by atoms with Crippen LogP contribution in [0, 0.1) is 23.1 Å². The van der Waals surface area contributed by atoms with Gasteiger partial charge in [-0.2, -0.15) is 0 Å². The van der Waals surface area contributed by atoms with E-state index in [0.717, 1.165) is 49.8 Å². The third kappa shape index (κ3) is 3.68. The second-order valence-corrected chi connectivity index (χ2v) is 11.2. The molecule has 0 spiro atoms. The zero-order valence-electron chi connectivity index (χ0n) is 21.0. The van der Waals surface area contributed by atoms with Crippen LogP contribution in [0.1, 0.15) is 67.7 Å². The van der Waals surface area contributed by atoms with E-state index < -0.39 is 6.10 Å². The minimum atomic E-state index is -0.542. The van der Waals surface area contributed by atoms with Crippen LogP contribution in [-0.2, 0) is 20.7 Å². The molecule has 1 saturated heterocycles. The first-order valence-corrected chi connectivity index (χ1v) is 13.3. The summed E-state index contributed by atoms with van der Waals surface area (Å²) in [7, 11) is 1.53. The fraction of sp³-hybridized carbons (Fsp3) is 0.533. The fourth-order valence-electron chi connectivity index (χ4n) is 7.69. The number of nitrogens with zero attached hydrogens (tertiary/aromatic N) is 1. The molecular weight excluding hydrogens is 457 g/mol. The number of ketones is 1. The van der Waals surface area contributed by atoms with Crippen LogP contribution in [0.5, 0.6) is 5.75 Å². The van der Waals surface area contributed by atoms with Crippen molar-refractivity contribution in [2.24, 2.45) is 17.3 Å². The van der Waals surface area contributed by atoms with Crippen molar-refractivity contribution in [2.75, 3.05) is 20.3 Å². The van der Waals surface area contributed by atoms with Crippen LogP contribution in [0.3, 0.4) is 0 Å². The largest absolute Gasteiger partial charge is 0.492 e. The van der Waals surface area contributed by atoms with Crippen molar-refractivity contribution in [1.82, 2.24) is 4.90 Å². The first-order valence-electron chi connectivity index (χ1n) is 13.3. The molecule has 0 N–H and O–H groups in total. The number of carbonyl (C=O) groups excluding carboxylic acids is 2. The Balaban J connectivity index is 1.11. The van der Waals surface area contributed by atoms with Gasteiger partial charge in [0.25, 0.3) is 5.91 Å². The Hall–Kier alpha value is -2.73. The maximum Gasteiger partial charge on any atom is 0.254 e. The predicted octanol–water partition coefficient (Wildman–Crippen LogP) is 5.23. The molecule has 0 radical (unpaired) electrons. The third-order valence-electron chi connectivity index (χ3n) is 9.62. The Morgan fingerprint density at radius 1 is 1.06 bits per heavy atom. The number of ether oxygens (including phenoxy) is 2. The number of likely N-dealkylation sites (tertiary alicyclic amines) is 1. The van der Waals surface area contributed by atoms with E-state index in [2.05, 4.69) is 25.1 Å². The van der Waals surface area contributed by atoms with Crippen molar-refractivity contribution in [3.05, 3.63) is 65.0 Å². The molecule has 0 unspecified atom stereocenters. The maximum atomic E-state index is 13.4. The first-order chi connectivity index (χ1) is 17.4. The highest BCUT2D eigenvalue weighted by Gasteiger charge is 2.54. The molecule has 190 valence electrons. The van der Waals surface area contributed by atoms with E-state index in [-0.39, 0.29) is 23.2 Å². The minimum absolute atomic E-state index is 0.0680. The number of fused-ring (bicyclic) bond motifs is 5. The molecule has 6 rings (SSSR count). The van der Waals surface area contributed by atoms with E-state index in [4.69, 9.17) is 9.47 Å². The van der Waals surface area contributed by atoms with Crippen LogP contribution in [0.2, 0.25) is 0 Å². The Bertz CT molecular complexity index is 1180. The van der Waals surface area contributed by atoms with Crippen LogP contribution >= 0.6 is 0 Å². The van der Waals surface area contributed by atoms with Gasteiger partial charge in [-0.25, -0.2) is 4.39 Å². The van der Waals surface area contributed by atoms with Crippen LogP contribution in [-0.4, -0.2) is 43.0 Å². The van der Waals surface area contributed by atoms with Gasteiger partial charge >= 0.3 is 0 Å². The highest BCUT2D eigenvalue weighted by Crippen LogP contribution is 2.59. The predicted molar refractivity (Wildman–Crippen MR) is 133 cm³/mol. The van der Waals surface area contributed by atoms with Gasteiger partial charge < -0.3 is 14.4 Å². The summed E-state index contributed by atoms with van der Waals surface area (Å²) in [6.45, 7) is 3.04. The molecule has 36 heavy (non-hydrogen) atoms. The summed E-state index contributed by atoms with van der Waals surface area (Å²) >= 11 is 0. The Labute approximate surface area is 212 Å². The molecule has 3 fully saturated rings. The SMILES string of the molecule is CO[C@H]1C(=O)N(CCOc2ccc3c(c2)CC[C@@H]2[C@@H]3CC[C@]3(C)C(=O)CC[C@@H]23)[C@H]1c1ccc(F)cc1. The Kier molecular flexibility index (Phi) is 5.90. The number of β-lactam (4-membered cyclic amide) rings is 1. The van der Waals surface area contributed by atoms with Gasteiger partial charge in [-0.3, -0.25) is 9.59 Å². The van der Waals surface area contributed by atoms with E-state index >= 15 is 0 Å². The summed E-state index contributed by atoms with van der Waals surface area (Å²) in [6, 6.07) is 12.5. The lowest BCUT2D eigenvalue weighted by Gasteiger charge is -2.48. The molecule has 2 aromatic rings. The third-order valence-corrected chi connectivity index (χ3v) is 9.62. The molecule has 1 amide bonds. The highest BCUT2D eigenvalue weighted by molar-refractivity contribution is 5.89. The van der Waals surface area contributed by atoms with Crippen molar-refractivity contribution in [1.29, 1.82) is 0 Å². The summed E-state index contributed by atoms with van der Waals surface area (Å²) in [5.74, 6) is 2.65. The maximum absolute atomic E-state index is 13.4. The number of hydrogen-bond acceptors (Lipinski definition) is 4. The molecule has 5 nitrogen and oxygen atoms in total. The molecule has 1 heterocycles. The normalized spacial score (nSPS) is 33.0. The van der Waals surface area contributed by atoms with Crippen molar-refractivity contribution >= 4 is 11.7 Å². The van der Waals surface area contributed by atoms with Gasteiger partial charge in [0, 0.05) is 18.9 Å². The summed E-state index contributed by atoms with van der Waals surface area (Å²) in [5, 5.41) is 0. The van der Waals surface area contributed by atoms with Crippen molar-refractivity contribution in [3.63, 3.8) is 0 Å². The summed E-state index contributed by atoms with van der Waals surface area (Å²) in [5.41, 5.74) is 3.57. The number of halogens is 1. The summed E-state index contributed by atoms with van der Waals surface area (Å²) in [4.78, 5) is 26.9. The molecule has 6 heteroatoms. The lowest BCUT2D eigenvalue weighted by molar-refractivity contribution is -0.171. The fourth-order valence-corrected chi connectivity index (χ4v) is 7.69. The monoisotopic (exact) mass is 491 g/mol. The zero-order valence-corrected chi connectivity index (χ0v) is 21.0. The van der Waals surface area contributed by atoms with Gasteiger partial charge in [0.1, 0.15) is 24.0 Å². The van der Waals surface area contributed by atoms with Crippen molar-refractivity contribution in [2.45, 2.75) is 63.5 Å². The lowest BCUT2D eigenvalue weighted by atomic mass is 9.55. The Morgan fingerprint density at radius 3 is 2.64 bits per heavy atom. The van der Waals surface area contributed by atoms with Gasteiger partial charge in [0.15, 0.2) is 6.10 Å². The molecule has 6 atom stereocenters.